The molecule has 0 saturated heterocycles. The third-order valence-corrected chi connectivity index (χ3v) is 12.4. The molecule has 0 radical (unpaired) electrons. The molecule has 0 amide bonds. The summed E-state index contributed by atoms with van der Waals surface area (Å²) in [6.45, 7) is 0. The number of rotatable bonds is 7. The van der Waals surface area contributed by atoms with E-state index in [1.54, 1.807) is 0 Å². The molecule has 62 heavy (non-hydrogen) atoms. The van der Waals surface area contributed by atoms with E-state index in [0.717, 1.165) is 60.9 Å². The Kier molecular flexibility index (Phi) is 8.53. The van der Waals surface area contributed by atoms with Gasteiger partial charge in [0.15, 0.2) is 5.58 Å². The number of hydrogen-bond donors (Lipinski definition) is 0. The van der Waals surface area contributed by atoms with Crippen LogP contribution in [0.15, 0.2) is 241 Å². The van der Waals surface area contributed by atoms with Crippen molar-refractivity contribution in [2.45, 2.75) is 0 Å². The Balaban J connectivity index is 1.04. The van der Waals surface area contributed by atoms with Gasteiger partial charge < -0.3 is 9.32 Å². The normalized spacial score (nSPS) is 11.5. The van der Waals surface area contributed by atoms with Crippen LogP contribution in [0.1, 0.15) is 0 Å². The van der Waals surface area contributed by atoms with E-state index in [1.807, 2.05) is 0 Å². The molecule has 2 heteroatoms. The van der Waals surface area contributed by atoms with Crippen LogP contribution in [0.25, 0.3) is 98.8 Å². The van der Waals surface area contributed by atoms with Crippen molar-refractivity contribution >= 4 is 71.3 Å². The van der Waals surface area contributed by atoms with Crippen LogP contribution in [-0.4, -0.2) is 0 Å². The molecule has 290 valence electrons. The fraction of sp³-hybridized carbons (Fsp3) is 0. The predicted molar refractivity (Wildman–Crippen MR) is 263 cm³/mol. The second-order valence-corrected chi connectivity index (χ2v) is 16.0. The molecular weight excluding hydrogens is 751 g/mol. The van der Waals surface area contributed by atoms with Gasteiger partial charge in [-0.2, -0.15) is 0 Å². The molecule has 1 heterocycles. The molecule has 0 unspecified atom stereocenters. The van der Waals surface area contributed by atoms with E-state index in [2.05, 4.69) is 241 Å². The van der Waals surface area contributed by atoms with Gasteiger partial charge >= 0.3 is 0 Å². The molecule has 0 fully saturated rings. The topological polar surface area (TPSA) is 16.4 Å². The second kappa shape index (κ2) is 14.8. The van der Waals surface area contributed by atoms with Gasteiger partial charge in [0.1, 0.15) is 5.58 Å². The minimum Gasteiger partial charge on any atom is -0.453 e. The third-order valence-electron chi connectivity index (χ3n) is 12.4. The zero-order chi connectivity index (χ0) is 41.0. The molecule has 0 aliphatic rings. The fourth-order valence-corrected chi connectivity index (χ4v) is 9.55. The lowest BCUT2D eigenvalue weighted by atomic mass is 9.84. The summed E-state index contributed by atoms with van der Waals surface area (Å²) in [5.41, 5.74) is 14.4. The van der Waals surface area contributed by atoms with E-state index in [1.165, 1.54) is 54.9 Å². The van der Waals surface area contributed by atoms with Crippen LogP contribution in [0.5, 0.6) is 0 Å². The Hall–Kier alpha value is -8.20. The summed E-state index contributed by atoms with van der Waals surface area (Å²) >= 11 is 0. The summed E-state index contributed by atoms with van der Waals surface area (Å²) in [4.78, 5) is 2.34. The van der Waals surface area contributed by atoms with E-state index in [4.69, 9.17) is 4.42 Å². The van der Waals surface area contributed by atoms with E-state index < -0.39 is 0 Å². The number of para-hydroxylation sites is 1. The van der Waals surface area contributed by atoms with Gasteiger partial charge in [0.25, 0.3) is 0 Å². The zero-order valence-electron chi connectivity index (χ0n) is 33.9. The van der Waals surface area contributed by atoms with Crippen LogP contribution < -0.4 is 4.90 Å². The van der Waals surface area contributed by atoms with Gasteiger partial charge in [-0.1, -0.05) is 194 Å². The maximum atomic E-state index is 6.95. The van der Waals surface area contributed by atoms with Crippen molar-refractivity contribution < 1.29 is 4.42 Å². The zero-order valence-corrected chi connectivity index (χ0v) is 33.9. The molecule has 0 bridgehead atoms. The first-order valence-electron chi connectivity index (χ1n) is 21.3. The molecule has 12 aromatic rings. The van der Waals surface area contributed by atoms with Gasteiger partial charge in [-0.3, -0.25) is 0 Å². The Morgan fingerprint density at radius 3 is 1.50 bits per heavy atom. The Labute approximate surface area is 360 Å². The summed E-state index contributed by atoms with van der Waals surface area (Å²) in [7, 11) is 0. The first-order chi connectivity index (χ1) is 30.8. The highest BCUT2D eigenvalue weighted by Gasteiger charge is 2.22. The van der Waals surface area contributed by atoms with E-state index in [0.29, 0.717) is 0 Å². The molecule has 0 atom stereocenters. The van der Waals surface area contributed by atoms with Crippen LogP contribution in [0.2, 0.25) is 0 Å². The Bertz CT molecular complexity index is 3610. The van der Waals surface area contributed by atoms with Gasteiger partial charge in [0.2, 0.25) is 0 Å². The average Bonchev–Trinajstić information content (AvgIpc) is 3.75. The number of hydrogen-bond acceptors (Lipinski definition) is 2. The monoisotopic (exact) mass is 789 g/mol. The lowest BCUT2D eigenvalue weighted by Gasteiger charge is -2.26. The highest BCUT2D eigenvalue weighted by molar-refractivity contribution is 6.22. The molecule has 11 aromatic carbocycles. The lowest BCUT2D eigenvalue weighted by molar-refractivity contribution is 0.673. The number of nitrogens with zero attached hydrogens (tertiary/aromatic N) is 1. The van der Waals surface area contributed by atoms with Crippen LogP contribution >= 0.6 is 0 Å². The Morgan fingerprint density at radius 2 is 0.758 bits per heavy atom. The van der Waals surface area contributed by atoms with Crippen LogP contribution in [0.3, 0.4) is 0 Å². The van der Waals surface area contributed by atoms with Gasteiger partial charge in [-0.25, -0.2) is 0 Å². The number of anilines is 3. The van der Waals surface area contributed by atoms with Crippen molar-refractivity contribution in [1.29, 1.82) is 0 Å². The summed E-state index contributed by atoms with van der Waals surface area (Å²) in [6.07, 6.45) is 0. The summed E-state index contributed by atoms with van der Waals surface area (Å²) < 4.78 is 6.95. The van der Waals surface area contributed by atoms with Crippen LogP contribution in [0.4, 0.5) is 17.1 Å². The van der Waals surface area contributed by atoms with Crippen LogP contribution in [-0.2, 0) is 0 Å². The standard InChI is InChI=1S/C60H39NO/c1-4-16-40(17-5-1)45-23-14-24-48(38-45)61(56-29-15-28-53-54-37-32-42-18-10-11-25-49(42)59(54)62-60(53)56)47-34-30-41(31-35-47)46-33-36-51-50-26-12-13-27-52(50)57(43-19-6-2-7-20-43)58(55(51)39-46)44-21-8-3-9-22-44/h1-39H. The molecule has 0 aliphatic heterocycles. The largest absolute Gasteiger partial charge is 0.453 e. The maximum absolute atomic E-state index is 6.95. The molecule has 0 spiro atoms. The van der Waals surface area contributed by atoms with Crippen molar-refractivity contribution in [2.24, 2.45) is 0 Å². The summed E-state index contributed by atoms with van der Waals surface area (Å²) in [5, 5.41) is 9.48. The van der Waals surface area contributed by atoms with E-state index in [-0.39, 0.29) is 0 Å². The second-order valence-electron chi connectivity index (χ2n) is 16.0. The van der Waals surface area contributed by atoms with Gasteiger partial charge in [-0.15, -0.1) is 0 Å². The molecule has 0 aliphatic carbocycles. The number of fused-ring (bicyclic) bond motifs is 8. The first kappa shape index (κ1) is 35.7. The molecular formula is C60H39NO. The van der Waals surface area contributed by atoms with E-state index >= 15 is 0 Å². The fourth-order valence-electron chi connectivity index (χ4n) is 9.55. The van der Waals surface area contributed by atoms with Crippen LogP contribution in [0, 0.1) is 0 Å². The minimum atomic E-state index is 0.859. The quantitative estimate of drug-likeness (QED) is 0.150. The smallest absolute Gasteiger partial charge is 0.159 e. The number of furan rings is 1. The molecule has 0 N–H and O–H groups in total. The molecule has 1 aromatic heterocycles. The SMILES string of the molecule is c1ccc(-c2cccc(N(c3ccc(-c4ccc5c(c4)c(-c4ccccc4)c(-c4ccccc4)c4ccccc45)cc3)c3cccc4c3oc3c5ccccc5ccc43)c2)cc1. The minimum absolute atomic E-state index is 0.859. The van der Waals surface area contributed by atoms with Gasteiger partial charge in [0.05, 0.1) is 5.69 Å². The Morgan fingerprint density at radius 1 is 0.258 bits per heavy atom. The van der Waals surface area contributed by atoms with E-state index in [9.17, 15) is 0 Å². The molecule has 0 saturated carbocycles. The average molecular weight is 790 g/mol. The van der Waals surface area contributed by atoms with Gasteiger partial charge in [-0.05, 0) is 114 Å². The van der Waals surface area contributed by atoms with Crippen molar-refractivity contribution in [3.63, 3.8) is 0 Å². The van der Waals surface area contributed by atoms with Crippen molar-refractivity contribution in [2.75, 3.05) is 4.90 Å². The molecule has 12 rings (SSSR count). The number of benzene rings is 11. The van der Waals surface area contributed by atoms with Crippen molar-refractivity contribution in [3.8, 4) is 44.5 Å². The molecule has 2 nitrogen and oxygen atoms in total. The summed E-state index contributed by atoms with van der Waals surface area (Å²) in [6, 6.07) is 85.3. The van der Waals surface area contributed by atoms with Crippen molar-refractivity contribution in [3.05, 3.63) is 237 Å². The lowest BCUT2D eigenvalue weighted by Crippen LogP contribution is -2.10. The highest BCUT2D eigenvalue weighted by atomic mass is 16.3. The summed E-state index contributed by atoms with van der Waals surface area (Å²) in [5.74, 6) is 0. The predicted octanol–water partition coefficient (Wildman–Crippen LogP) is 17.2. The van der Waals surface area contributed by atoms with Crippen molar-refractivity contribution in [1.82, 2.24) is 0 Å². The highest BCUT2D eigenvalue weighted by Crippen LogP contribution is 2.47. The van der Waals surface area contributed by atoms with Gasteiger partial charge in [0, 0.05) is 27.5 Å². The first-order valence-corrected chi connectivity index (χ1v) is 21.3. The third kappa shape index (κ3) is 5.96. The maximum Gasteiger partial charge on any atom is 0.159 e.